The summed E-state index contributed by atoms with van der Waals surface area (Å²) >= 11 is 0. The van der Waals surface area contributed by atoms with E-state index < -0.39 is 0 Å². The highest BCUT2D eigenvalue weighted by Crippen LogP contribution is 2.17. The minimum absolute atomic E-state index is 0.0841. The van der Waals surface area contributed by atoms with Crippen LogP contribution < -0.4 is 5.32 Å². The molecule has 1 fully saturated rings. The first-order valence-corrected chi connectivity index (χ1v) is 6.43. The summed E-state index contributed by atoms with van der Waals surface area (Å²) in [7, 11) is 0. The maximum Gasteiger partial charge on any atom is 0.224 e. The zero-order valence-corrected chi connectivity index (χ0v) is 12.2. The molecule has 0 aromatic rings. The maximum atomic E-state index is 11.0. The molecule has 0 aromatic carbocycles. The summed E-state index contributed by atoms with van der Waals surface area (Å²) < 4.78 is 0. The summed E-state index contributed by atoms with van der Waals surface area (Å²) in [5.74, 6) is 0.0841. The lowest BCUT2D eigenvalue weighted by atomic mass is 10.0. The number of carbonyl (C=O) groups is 1. The first kappa shape index (κ1) is 18.1. The largest absolute Gasteiger partial charge is 0.326 e. The van der Waals surface area contributed by atoms with Crippen molar-refractivity contribution in [3.63, 3.8) is 0 Å². The molecule has 0 bridgehead atoms. The fraction of sp³-hybridized carbons (Fsp3) is 0.533. The van der Waals surface area contributed by atoms with E-state index in [0.29, 0.717) is 6.42 Å². The molecule has 0 aromatic heterocycles. The highest BCUT2D eigenvalue weighted by molar-refractivity contribution is 5.81. The molecule has 0 aliphatic carbocycles. The Kier molecular flexibility index (Phi) is 11.9. The molecule has 1 heterocycles. The van der Waals surface area contributed by atoms with Crippen molar-refractivity contribution < 1.29 is 4.79 Å². The fourth-order valence-electron chi connectivity index (χ4n) is 1.11. The second-order valence-corrected chi connectivity index (χ2v) is 3.48. The molecule has 1 saturated heterocycles. The number of nitrogens with one attached hydrogen (secondary N) is 1. The Morgan fingerprint density at radius 1 is 1.18 bits per heavy atom. The van der Waals surface area contributed by atoms with Crippen molar-refractivity contribution >= 4 is 5.91 Å². The Morgan fingerprint density at radius 3 is 2.18 bits per heavy atom. The fourth-order valence-corrected chi connectivity index (χ4v) is 1.11. The smallest absolute Gasteiger partial charge is 0.224 e. The van der Waals surface area contributed by atoms with Gasteiger partial charge in [0.25, 0.3) is 0 Å². The van der Waals surface area contributed by atoms with Crippen molar-refractivity contribution in [1.82, 2.24) is 5.32 Å². The number of carbonyl (C=O) groups excluding carboxylic acids is 1. The maximum absolute atomic E-state index is 11.0. The zero-order chi connectivity index (χ0) is 13.8. The van der Waals surface area contributed by atoms with Gasteiger partial charge >= 0.3 is 0 Å². The van der Waals surface area contributed by atoms with Crippen LogP contribution in [0.4, 0.5) is 0 Å². The molecule has 0 unspecified atom stereocenters. The van der Waals surface area contributed by atoms with Gasteiger partial charge in [0.05, 0.1) is 0 Å². The molecular weight excluding hydrogens is 210 g/mol. The van der Waals surface area contributed by atoms with E-state index in [1.807, 2.05) is 53.7 Å². The highest BCUT2D eigenvalue weighted by Gasteiger charge is 2.14. The predicted molar refractivity (Wildman–Crippen MR) is 76.7 cm³/mol. The summed E-state index contributed by atoms with van der Waals surface area (Å²) in [5.41, 5.74) is 3.08. The second kappa shape index (κ2) is 11.2. The van der Waals surface area contributed by atoms with Gasteiger partial charge in [0, 0.05) is 12.1 Å². The van der Waals surface area contributed by atoms with E-state index in [1.54, 1.807) is 0 Å². The second-order valence-electron chi connectivity index (χ2n) is 3.48. The molecule has 17 heavy (non-hydrogen) atoms. The molecule has 0 radical (unpaired) electrons. The van der Waals surface area contributed by atoms with E-state index in [1.165, 1.54) is 5.57 Å². The van der Waals surface area contributed by atoms with Crippen LogP contribution in [0, 0.1) is 0 Å². The lowest BCUT2D eigenvalue weighted by molar-refractivity contribution is -0.120. The van der Waals surface area contributed by atoms with Crippen molar-refractivity contribution in [2.45, 2.75) is 54.4 Å². The molecule has 0 atom stereocenters. The first-order valence-electron chi connectivity index (χ1n) is 6.43. The topological polar surface area (TPSA) is 29.1 Å². The van der Waals surface area contributed by atoms with Gasteiger partial charge in [0.1, 0.15) is 0 Å². The van der Waals surface area contributed by atoms with E-state index in [2.05, 4.69) is 11.9 Å². The average molecular weight is 237 g/mol. The molecule has 1 aliphatic rings. The molecule has 1 N–H and O–H groups in total. The number of amides is 1. The quantitative estimate of drug-likeness (QED) is 0.721. The molecular formula is C15H27NO. The lowest BCUT2D eigenvalue weighted by Gasteiger charge is -2.17. The number of rotatable bonds is 1. The van der Waals surface area contributed by atoms with Crippen LogP contribution in [0.5, 0.6) is 0 Å². The van der Waals surface area contributed by atoms with Gasteiger partial charge in [-0.2, -0.15) is 0 Å². The van der Waals surface area contributed by atoms with Crippen molar-refractivity contribution in [2.24, 2.45) is 0 Å². The Hall–Kier alpha value is -1.31. The van der Waals surface area contributed by atoms with Crippen molar-refractivity contribution in [3.8, 4) is 0 Å². The van der Waals surface area contributed by atoms with Gasteiger partial charge in [-0.25, -0.2) is 0 Å². The van der Waals surface area contributed by atoms with Gasteiger partial charge in [-0.05, 0) is 31.9 Å². The van der Waals surface area contributed by atoms with Gasteiger partial charge in [-0.15, -0.1) is 0 Å². The molecule has 98 valence electrons. The third-order valence-corrected chi connectivity index (χ3v) is 1.89. The van der Waals surface area contributed by atoms with Gasteiger partial charge in [-0.1, -0.05) is 45.9 Å². The van der Waals surface area contributed by atoms with Gasteiger partial charge in [-0.3, -0.25) is 4.79 Å². The van der Waals surface area contributed by atoms with Crippen LogP contribution in [0.3, 0.4) is 0 Å². The average Bonchev–Trinajstić information content (AvgIpc) is 2.35. The summed E-state index contributed by atoms with van der Waals surface area (Å²) in [5, 5.41) is 2.80. The summed E-state index contributed by atoms with van der Waals surface area (Å²) in [6, 6.07) is 0. The van der Waals surface area contributed by atoms with Crippen molar-refractivity contribution in [3.05, 3.63) is 35.6 Å². The molecule has 1 amide bonds. The molecule has 0 spiro atoms. The monoisotopic (exact) mass is 237 g/mol. The number of piperidine rings is 1. The van der Waals surface area contributed by atoms with Gasteiger partial charge in [0.15, 0.2) is 0 Å². The molecule has 1 aliphatic heterocycles. The van der Waals surface area contributed by atoms with Crippen LogP contribution in [-0.2, 0) is 4.79 Å². The molecule has 2 nitrogen and oxygen atoms in total. The molecule has 1 rings (SSSR count). The SMILES string of the molecule is C=C1CCC(=O)N/C1=C/C=C(C)C.CC.CC. The van der Waals surface area contributed by atoms with Crippen LogP contribution in [0.15, 0.2) is 35.6 Å². The normalized spacial score (nSPS) is 16.0. The summed E-state index contributed by atoms with van der Waals surface area (Å²) in [6.45, 7) is 15.9. The summed E-state index contributed by atoms with van der Waals surface area (Å²) in [6.07, 6.45) is 5.22. The Labute approximate surface area is 106 Å². The van der Waals surface area contributed by atoms with Crippen LogP contribution in [0.25, 0.3) is 0 Å². The number of hydrogen-bond donors (Lipinski definition) is 1. The van der Waals surface area contributed by atoms with Crippen LogP contribution in [0.2, 0.25) is 0 Å². The van der Waals surface area contributed by atoms with E-state index >= 15 is 0 Å². The van der Waals surface area contributed by atoms with E-state index in [0.717, 1.165) is 17.7 Å². The standard InChI is InChI=1S/C11H15NO.2C2H6/c1-8(2)4-6-10-9(3)5-7-11(13)12-10;2*1-2/h4,6H,3,5,7H2,1-2H3,(H,12,13);2*1-2H3/b10-6+;;. The third-order valence-electron chi connectivity index (χ3n) is 1.89. The Bertz CT molecular complexity index is 294. The Balaban J connectivity index is 0. The first-order chi connectivity index (χ1) is 8.09. The Morgan fingerprint density at radius 2 is 1.71 bits per heavy atom. The third kappa shape index (κ3) is 8.49. The minimum atomic E-state index is 0.0841. The van der Waals surface area contributed by atoms with Gasteiger partial charge in [0.2, 0.25) is 5.91 Å². The minimum Gasteiger partial charge on any atom is -0.326 e. The zero-order valence-electron chi connectivity index (χ0n) is 12.2. The lowest BCUT2D eigenvalue weighted by Crippen LogP contribution is -2.27. The number of allylic oxidation sites excluding steroid dienone is 4. The highest BCUT2D eigenvalue weighted by atomic mass is 16.1. The van der Waals surface area contributed by atoms with E-state index in [-0.39, 0.29) is 5.91 Å². The van der Waals surface area contributed by atoms with Crippen LogP contribution in [0.1, 0.15) is 54.4 Å². The van der Waals surface area contributed by atoms with Crippen molar-refractivity contribution in [2.75, 3.05) is 0 Å². The molecule has 2 heteroatoms. The molecule has 0 saturated carbocycles. The number of hydrogen-bond acceptors (Lipinski definition) is 1. The van der Waals surface area contributed by atoms with E-state index in [9.17, 15) is 4.79 Å². The van der Waals surface area contributed by atoms with E-state index in [4.69, 9.17) is 0 Å². The van der Waals surface area contributed by atoms with Crippen molar-refractivity contribution in [1.29, 1.82) is 0 Å². The van der Waals surface area contributed by atoms with Crippen LogP contribution >= 0.6 is 0 Å². The van der Waals surface area contributed by atoms with Crippen LogP contribution in [-0.4, -0.2) is 5.91 Å². The summed E-state index contributed by atoms with van der Waals surface area (Å²) in [4.78, 5) is 11.0. The van der Waals surface area contributed by atoms with Gasteiger partial charge < -0.3 is 5.32 Å². The predicted octanol–water partition coefficient (Wildman–Crippen LogP) is 4.36.